The van der Waals surface area contributed by atoms with Gasteiger partial charge in [0.25, 0.3) is 0 Å². The minimum atomic E-state index is -0.357. The van der Waals surface area contributed by atoms with Crippen molar-refractivity contribution in [3.8, 4) is 5.88 Å². The van der Waals surface area contributed by atoms with Crippen molar-refractivity contribution in [3.05, 3.63) is 36.3 Å². The third-order valence-electron chi connectivity index (χ3n) is 3.84. The Kier molecular flexibility index (Phi) is 5.45. The van der Waals surface area contributed by atoms with E-state index in [1.54, 1.807) is 29.3 Å². The Morgan fingerprint density at radius 1 is 1.19 bits per heavy atom. The smallest absolute Gasteiger partial charge is 0.323 e. The molecule has 2 aromatic heterocycles. The summed E-state index contributed by atoms with van der Waals surface area (Å²) in [6, 6.07) is 5.97. The molecule has 1 aliphatic rings. The van der Waals surface area contributed by atoms with Crippen molar-refractivity contribution < 1.29 is 13.9 Å². The zero-order chi connectivity index (χ0) is 18.5. The van der Waals surface area contributed by atoms with Gasteiger partial charge in [-0.1, -0.05) is 0 Å². The number of hydrogen-bond donors (Lipinski definition) is 1. The number of amides is 2. The van der Waals surface area contributed by atoms with Crippen molar-refractivity contribution in [2.45, 2.75) is 20.0 Å². The van der Waals surface area contributed by atoms with Gasteiger partial charge in [0.2, 0.25) is 5.88 Å². The van der Waals surface area contributed by atoms with E-state index >= 15 is 0 Å². The second kappa shape index (κ2) is 7.94. The lowest BCUT2D eigenvalue weighted by atomic mass is 10.3. The first-order valence-corrected chi connectivity index (χ1v) is 8.44. The predicted molar refractivity (Wildman–Crippen MR) is 94.8 cm³/mol. The molecule has 3 heterocycles. The molecule has 0 unspecified atom stereocenters. The van der Waals surface area contributed by atoms with E-state index in [9.17, 15) is 9.18 Å². The quantitative estimate of drug-likeness (QED) is 0.900. The summed E-state index contributed by atoms with van der Waals surface area (Å²) >= 11 is 0. The monoisotopic (exact) mass is 360 g/mol. The summed E-state index contributed by atoms with van der Waals surface area (Å²) in [5.41, 5.74) is 0. The summed E-state index contributed by atoms with van der Waals surface area (Å²) in [5.74, 6) is 0.719. The van der Waals surface area contributed by atoms with Gasteiger partial charge in [-0.15, -0.1) is 10.2 Å². The third-order valence-corrected chi connectivity index (χ3v) is 3.84. The Morgan fingerprint density at radius 3 is 2.58 bits per heavy atom. The molecule has 2 aromatic rings. The number of ether oxygens (including phenoxy) is 1. The molecular formula is C17H21FN6O2. The molecule has 0 spiro atoms. The Bertz CT molecular complexity index is 747. The number of rotatable bonds is 4. The van der Waals surface area contributed by atoms with Gasteiger partial charge in [-0.05, 0) is 32.0 Å². The lowest BCUT2D eigenvalue weighted by Gasteiger charge is -2.35. The van der Waals surface area contributed by atoms with Crippen molar-refractivity contribution in [2.75, 3.05) is 36.4 Å². The highest BCUT2D eigenvalue weighted by molar-refractivity contribution is 5.88. The van der Waals surface area contributed by atoms with E-state index in [4.69, 9.17) is 4.74 Å². The minimum absolute atomic E-state index is 0.00461. The maximum absolute atomic E-state index is 13.8. The van der Waals surface area contributed by atoms with Gasteiger partial charge in [0.1, 0.15) is 0 Å². The maximum Gasteiger partial charge on any atom is 0.323 e. The van der Waals surface area contributed by atoms with Crippen molar-refractivity contribution in [1.29, 1.82) is 0 Å². The molecule has 0 aromatic carbocycles. The second-order valence-corrected chi connectivity index (χ2v) is 6.14. The van der Waals surface area contributed by atoms with Crippen LogP contribution in [-0.2, 0) is 0 Å². The molecule has 138 valence electrons. The van der Waals surface area contributed by atoms with Crippen LogP contribution in [0, 0.1) is 5.82 Å². The van der Waals surface area contributed by atoms with Crippen LogP contribution in [0.15, 0.2) is 30.5 Å². The largest absolute Gasteiger partial charge is 0.474 e. The lowest BCUT2D eigenvalue weighted by Crippen LogP contribution is -2.50. The first-order chi connectivity index (χ1) is 12.5. The predicted octanol–water partition coefficient (Wildman–Crippen LogP) is 2.15. The lowest BCUT2D eigenvalue weighted by molar-refractivity contribution is 0.207. The number of urea groups is 1. The van der Waals surface area contributed by atoms with Crippen molar-refractivity contribution in [2.24, 2.45) is 0 Å². The molecule has 0 aliphatic carbocycles. The van der Waals surface area contributed by atoms with Crippen molar-refractivity contribution >= 4 is 17.7 Å². The highest BCUT2D eigenvalue weighted by Gasteiger charge is 2.23. The van der Waals surface area contributed by atoms with Crippen LogP contribution in [0.1, 0.15) is 13.8 Å². The molecule has 0 radical (unpaired) electrons. The summed E-state index contributed by atoms with van der Waals surface area (Å²) in [5, 5.41) is 10.6. The molecule has 1 aliphatic heterocycles. The van der Waals surface area contributed by atoms with Crippen LogP contribution in [0.5, 0.6) is 5.88 Å². The topological polar surface area (TPSA) is 83.5 Å². The van der Waals surface area contributed by atoms with Crippen LogP contribution in [0.2, 0.25) is 0 Å². The number of nitrogens with zero attached hydrogens (tertiary/aromatic N) is 5. The van der Waals surface area contributed by atoms with E-state index in [1.165, 1.54) is 6.07 Å². The maximum atomic E-state index is 13.8. The molecule has 0 atom stereocenters. The van der Waals surface area contributed by atoms with Crippen LogP contribution < -0.4 is 15.0 Å². The van der Waals surface area contributed by atoms with Crippen LogP contribution in [0.4, 0.5) is 20.8 Å². The molecule has 0 bridgehead atoms. The van der Waals surface area contributed by atoms with E-state index < -0.39 is 0 Å². The Morgan fingerprint density at radius 2 is 1.96 bits per heavy atom. The first kappa shape index (κ1) is 17.8. The number of aromatic nitrogens is 3. The number of carbonyl (C=O) groups is 1. The minimum Gasteiger partial charge on any atom is -0.474 e. The molecule has 1 fully saturated rings. The van der Waals surface area contributed by atoms with E-state index in [-0.39, 0.29) is 18.0 Å². The average Bonchev–Trinajstić information content (AvgIpc) is 2.63. The van der Waals surface area contributed by atoms with E-state index in [2.05, 4.69) is 20.5 Å². The number of nitrogens with one attached hydrogen (secondary N) is 1. The number of halogens is 1. The first-order valence-electron chi connectivity index (χ1n) is 8.44. The summed E-state index contributed by atoms with van der Waals surface area (Å²) in [6.45, 7) is 5.73. The summed E-state index contributed by atoms with van der Waals surface area (Å²) in [4.78, 5) is 19.9. The SMILES string of the molecule is CC(C)Oc1ccc(NC(=O)N2CCN(c3ncccc3F)CC2)nn1. The Labute approximate surface area is 151 Å². The average molecular weight is 360 g/mol. The molecule has 1 saturated heterocycles. The number of pyridine rings is 1. The van der Waals surface area contributed by atoms with E-state index in [1.807, 2.05) is 18.7 Å². The zero-order valence-electron chi connectivity index (χ0n) is 14.7. The fourth-order valence-corrected chi connectivity index (χ4v) is 2.61. The summed E-state index contributed by atoms with van der Waals surface area (Å²) in [7, 11) is 0. The standard InChI is InChI=1S/C17H21FN6O2/c1-12(2)26-15-6-5-14(21-22-15)20-17(25)24-10-8-23(9-11-24)16-13(18)4-3-7-19-16/h3-7,12H,8-11H2,1-2H3,(H,20,21,25). The molecule has 3 rings (SSSR count). The van der Waals surface area contributed by atoms with Gasteiger partial charge in [-0.3, -0.25) is 5.32 Å². The molecule has 1 N–H and O–H groups in total. The normalized spacial score (nSPS) is 14.5. The van der Waals surface area contributed by atoms with Crippen LogP contribution in [0.25, 0.3) is 0 Å². The van der Waals surface area contributed by atoms with Crippen molar-refractivity contribution in [3.63, 3.8) is 0 Å². The van der Waals surface area contributed by atoms with Gasteiger partial charge < -0.3 is 14.5 Å². The summed E-state index contributed by atoms with van der Waals surface area (Å²) in [6.07, 6.45) is 1.56. The molecule has 2 amide bonds. The molecular weight excluding hydrogens is 339 g/mol. The highest BCUT2D eigenvalue weighted by atomic mass is 19.1. The fourth-order valence-electron chi connectivity index (χ4n) is 2.61. The summed E-state index contributed by atoms with van der Waals surface area (Å²) < 4.78 is 19.2. The van der Waals surface area contributed by atoms with Crippen molar-refractivity contribution in [1.82, 2.24) is 20.1 Å². The number of piperazine rings is 1. The third kappa shape index (κ3) is 4.35. The molecule has 9 heteroatoms. The molecule has 8 nitrogen and oxygen atoms in total. The fraction of sp³-hybridized carbons (Fsp3) is 0.412. The van der Waals surface area contributed by atoms with Gasteiger partial charge in [-0.25, -0.2) is 14.2 Å². The van der Waals surface area contributed by atoms with Gasteiger partial charge in [0, 0.05) is 38.4 Å². The Balaban J connectivity index is 1.53. The number of hydrogen-bond acceptors (Lipinski definition) is 6. The van der Waals surface area contributed by atoms with Gasteiger partial charge in [0.15, 0.2) is 17.5 Å². The second-order valence-electron chi connectivity index (χ2n) is 6.14. The van der Waals surface area contributed by atoms with Gasteiger partial charge in [0.05, 0.1) is 6.10 Å². The van der Waals surface area contributed by atoms with Crippen LogP contribution in [0.3, 0.4) is 0 Å². The number of anilines is 2. The molecule has 0 saturated carbocycles. The van der Waals surface area contributed by atoms with Crippen LogP contribution >= 0.6 is 0 Å². The Hall–Kier alpha value is -2.97. The highest BCUT2D eigenvalue weighted by Crippen LogP contribution is 2.17. The van der Waals surface area contributed by atoms with E-state index in [0.29, 0.717) is 43.7 Å². The van der Waals surface area contributed by atoms with Gasteiger partial charge in [-0.2, -0.15) is 0 Å². The molecule has 26 heavy (non-hydrogen) atoms. The number of carbonyl (C=O) groups excluding carboxylic acids is 1. The van der Waals surface area contributed by atoms with Crippen LogP contribution in [-0.4, -0.2) is 58.4 Å². The van der Waals surface area contributed by atoms with Gasteiger partial charge >= 0.3 is 6.03 Å². The van der Waals surface area contributed by atoms with E-state index in [0.717, 1.165) is 0 Å². The zero-order valence-corrected chi connectivity index (χ0v) is 14.7.